The molecule has 1 aliphatic carbocycles. The number of aliphatic hydroxyl groups excluding tert-OH is 2. The molecule has 5 atom stereocenters. The van der Waals surface area contributed by atoms with Crippen molar-refractivity contribution in [1.29, 1.82) is 0 Å². The van der Waals surface area contributed by atoms with E-state index in [1.807, 2.05) is 12.1 Å². The van der Waals surface area contributed by atoms with Crippen molar-refractivity contribution in [2.45, 2.75) is 88.7 Å². The molecule has 30 heavy (non-hydrogen) atoms. The number of hydrogen-bond acceptors (Lipinski definition) is 2. The van der Waals surface area contributed by atoms with E-state index in [4.69, 9.17) is 11.6 Å². The number of aliphatic hydroxyl groups is 2. The molecule has 0 amide bonds. The molecule has 1 unspecified atom stereocenters. The summed E-state index contributed by atoms with van der Waals surface area (Å²) in [6.07, 6.45) is 7.10. The summed E-state index contributed by atoms with van der Waals surface area (Å²) in [5.41, 5.74) is 4.77. The Balaban J connectivity index is 1.73. The number of halogens is 1. The molecule has 3 heteroatoms. The van der Waals surface area contributed by atoms with Gasteiger partial charge in [0.2, 0.25) is 0 Å². The fraction of sp³-hybridized carbons (Fsp3) is 0.556. The van der Waals surface area contributed by atoms with Crippen molar-refractivity contribution in [2.75, 3.05) is 0 Å². The molecule has 0 radical (unpaired) electrons. The Kier molecular flexibility index (Phi) is 8.80. The van der Waals surface area contributed by atoms with E-state index < -0.39 is 12.2 Å². The Hall–Kier alpha value is -1.35. The highest BCUT2D eigenvalue weighted by Gasteiger charge is 2.42. The quantitative estimate of drug-likeness (QED) is 0.332. The molecular formula is C27H37ClO2. The summed E-state index contributed by atoms with van der Waals surface area (Å²) >= 11 is 6.72. The van der Waals surface area contributed by atoms with Crippen molar-refractivity contribution in [3.63, 3.8) is 0 Å². The first-order valence-electron chi connectivity index (χ1n) is 11.7. The summed E-state index contributed by atoms with van der Waals surface area (Å²) < 4.78 is 0. The summed E-state index contributed by atoms with van der Waals surface area (Å²) in [6.45, 7) is 4.38. The van der Waals surface area contributed by atoms with Gasteiger partial charge >= 0.3 is 0 Å². The second-order valence-electron chi connectivity index (χ2n) is 8.96. The average Bonchev–Trinajstić information content (AvgIpc) is 3.01. The van der Waals surface area contributed by atoms with Gasteiger partial charge in [-0.3, -0.25) is 0 Å². The van der Waals surface area contributed by atoms with Crippen LogP contribution < -0.4 is 0 Å². The van der Waals surface area contributed by atoms with Crippen molar-refractivity contribution in [2.24, 2.45) is 5.92 Å². The molecule has 2 aromatic rings. The molecule has 0 spiro atoms. The molecule has 0 aliphatic heterocycles. The lowest BCUT2D eigenvalue weighted by Crippen LogP contribution is -2.21. The van der Waals surface area contributed by atoms with Crippen LogP contribution in [0.4, 0.5) is 0 Å². The summed E-state index contributed by atoms with van der Waals surface area (Å²) in [5, 5.41) is 21.2. The maximum atomic E-state index is 10.8. The molecule has 3 rings (SSSR count). The topological polar surface area (TPSA) is 40.5 Å². The highest BCUT2D eigenvalue weighted by Crippen LogP contribution is 2.44. The second-order valence-corrected chi connectivity index (χ2v) is 9.52. The standard InChI is InChI=1S/C27H37ClO2/c1-3-5-6-11-25(29)21-12-14-22(15-13-21)27-23(24(28)18-26(27)30)17-20-10-7-9-19(16-20)8-4-2/h7,9-10,12-16,23-27,29-30H,3-6,8,11,17-18H2,1-2H3/t23-,24+,25?,26+,27+/m0/s1. The third-order valence-electron chi connectivity index (χ3n) is 6.60. The molecule has 1 saturated carbocycles. The Morgan fingerprint density at radius 1 is 1.00 bits per heavy atom. The minimum absolute atomic E-state index is 0.0286. The Morgan fingerprint density at radius 3 is 2.43 bits per heavy atom. The molecule has 2 nitrogen and oxygen atoms in total. The Labute approximate surface area is 187 Å². The van der Waals surface area contributed by atoms with E-state index in [0.717, 1.165) is 56.1 Å². The van der Waals surface area contributed by atoms with E-state index >= 15 is 0 Å². The van der Waals surface area contributed by atoms with E-state index in [2.05, 4.69) is 50.2 Å². The zero-order valence-corrected chi connectivity index (χ0v) is 19.2. The van der Waals surface area contributed by atoms with Crippen LogP contribution in [0.1, 0.15) is 86.6 Å². The first kappa shape index (κ1) is 23.3. The zero-order chi connectivity index (χ0) is 21.5. The first-order chi connectivity index (χ1) is 14.5. The summed E-state index contributed by atoms with van der Waals surface area (Å²) in [6, 6.07) is 17.0. The van der Waals surface area contributed by atoms with Gasteiger partial charge in [0.15, 0.2) is 0 Å². The largest absolute Gasteiger partial charge is 0.392 e. The van der Waals surface area contributed by atoms with Crippen LogP contribution in [0.2, 0.25) is 0 Å². The minimum atomic E-state index is -0.420. The maximum absolute atomic E-state index is 10.8. The van der Waals surface area contributed by atoms with Crippen molar-refractivity contribution in [3.8, 4) is 0 Å². The monoisotopic (exact) mass is 428 g/mol. The molecule has 1 fully saturated rings. The van der Waals surface area contributed by atoms with Crippen LogP contribution in [0.3, 0.4) is 0 Å². The van der Waals surface area contributed by atoms with E-state index in [0.29, 0.717) is 6.42 Å². The second kappa shape index (κ2) is 11.3. The molecule has 1 aliphatic rings. The summed E-state index contributed by atoms with van der Waals surface area (Å²) in [4.78, 5) is 0. The Morgan fingerprint density at radius 2 is 1.73 bits per heavy atom. The normalized spacial score (nSPS) is 24.8. The van der Waals surface area contributed by atoms with Crippen molar-refractivity contribution < 1.29 is 10.2 Å². The van der Waals surface area contributed by atoms with E-state index in [9.17, 15) is 10.2 Å². The van der Waals surface area contributed by atoms with Gasteiger partial charge in [-0.1, -0.05) is 88.1 Å². The molecule has 2 aromatic carbocycles. The van der Waals surface area contributed by atoms with Crippen LogP contribution in [-0.4, -0.2) is 21.7 Å². The predicted molar refractivity (Wildman–Crippen MR) is 126 cm³/mol. The van der Waals surface area contributed by atoms with E-state index in [1.165, 1.54) is 11.1 Å². The molecule has 164 valence electrons. The fourth-order valence-electron chi connectivity index (χ4n) is 4.95. The number of unbranched alkanes of at least 4 members (excludes halogenated alkanes) is 2. The number of aryl methyl sites for hydroxylation is 1. The van der Waals surface area contributed by atoms with E-state index in [-0.39, 0.29) is 17.2 Å². The lowest BCUT2D eigenvalue weighted by molar-refractivity contribution is 0.154. The minimum Gasteiger partial charge on any atom is -0.392 e. The summed E-state index contributed by atoms with van der Waals surface area (Å²) in [5.74, 6) is 0.243. The smallest absolute Gasteiger partial charge is 0.0790 e. The molecule has 0 aromatic heterocycles. The SMILES string of the molecule is CCCCCC(O)c1ccc([C@@H]2[C@@H](Cc3cccc(CCC)c3)[C@H](Cl)C[C@H]2O)cc1. The lowest BCUT2D eigenvalue weighted by atomic mass is 9.83. The van der Waals surface area contributed by atoms with Gasteiger partial charge in [0.25, 0.3) is 0 Å². The average molecular weight is 429 g/mol. The third kappa shape index (κ3) is 5.87. The van der Waals surface area contributed by atoms with E-state index in [1.54, 1.807) is 0 Å². The van der Waals surface area contributed by atoms with Crippen LogP contribution in [0.25, 0.3) is 0 Å². The van der Waals surface area contributed by atoms with Crippen LogP contribution in [0, 0.1) is 5.92 Å². The maximum Gasteiger partial charge on any atom is 0.0790 e. The predicted octanol–water partition coefficient (Wildman–Crippen LogP) is 6.57. The number of hydrogen-bond donors (Lipinski definition) is 2. The fourth-order valence-corrected chi connectivity index (χ4v) is 5.38. The van der Waals surface area contributed by atoms with Gasteiger partial charge in [-0.25, -0.2) is 0 Å². The summed E-state index contributed by atoms with van der Waals surface area (Å²) in [7, 11) is 0. The van der Waals surface area contributed by atoms with Crippen LogP contribution >= 0.6 is 11.6 Å². The van der Waals surface area contributed by atoms with Gasteiger partial charge in [0.05, 0.1) is 12.2 Å². The number of benzene rings is 2. The highest BCUT2D eigenvalue weighted by molar-refractivity contribution is 6.21. The molecule has 0 saturated heterocycles. The van der Waals surface area contributed by atoms with Crippen molar-refractivity contribution in [3.05, 3.63) is 70.8 Å². The van der Waals surface area contributed by atoms with Gasteiger partial charge < -0.3 is 10.2 Å². The Bertz CT molecular complexity index is 773. The van der Waals surface area contributed by atoms with Gasteiger partial charge in [0.1, 0.15) is 0 Å². The van der Waals surface area contributed by atoms with Gasteiger partial charge in [0, 0.05) is 11.3 Å². The van der Waals surface area contributed by atoms with Crippen molar-refractivity contribution in [1.82, 2.24) is 0 Å². The number of rotatable bonds is 10. The zero-order valence-electron chi connectivity index (χ0n) is 18.4. The lowest BCUT2D eigenvalue weighted by Gasteiger charge is -2.25. The molecule has 2 N–H and O–H groups in total. The van der Waals surface area contributed by atoms with Gasteiger partial charge in [-0.2, -0.15) is 0 Å². The van der Waals surface area contributed by atoms with Crippen molar-refractivity contribution >= 4 is 11.6 Å². The highest BCUT2D eigenvalue weighted by atomic mass is 35.5. The molecule has 0 bridgehead atoms. The first-order valence-corrected chi connectivity index (χ1v) is 12.1. The van der Waals surface area contributed by atoms with Crippen LogP contribution in [-0.2, 0) is 12.8 Å². The van der Waals surface area contributed by atoms with Gasteiger partial charge in [-0.05, 0) is 53.9 Å². The third-order valence-corrected chi connectivity index (χ3v) is 7.10. The van der Waals surface area contributed by atoms with Crippen LogP contribution in [0.15, 0.2) is 48.5 Å². The molecular weight excluding hydrogens is 392 g/mol. The molecule has 0 heterocycles. The number of alkyl halides is 1. The van der Waals surface area contributed by atoms with Crippen LogP contribution in [0.5, 0.6) is 0 Å². The van der Waals surface area contributed by atoms with Gasteiger partial charge in [-0.15, -0.1) is 11.6 Å².